The van der Waals surface area contributed by atoms with Crippen molar-refractivity contribution in [2.75, 3.05) is 20.8 Å². The lowest BCUT2D eigenvalue weighted by Gasteiger charge is -2.31. The van der Waals surface area contributed by atoms with Crippen molar-refractivity contribution in [3.05, 3.63) is 119 Å². The van der Waals surface area contributed by atoms with Crippen LogP contribution in [0.15, 0.2) is 91.4 Å². The van der Waals surface area contributed by atoms with E-state index in [0.717, 1.165) is 16.7 Å². The minimum Gasteiger partial charge on any atom is -0.493 e. The molecule has 200 valence electrons. The summed E-state index contributed by atoms with van der Waals surface area (Å²) in [7, 11) is 3.16. The molecule has 4 rings (SSSR count). The number of aryl methyl sites for hydroxylation is 1. The van der Waals surface area contributed by atoms with Crippen LogP contribution >= 0.6 is 0 Å². The number of amides is 2. The Balaban J connectivity index is 1.69. The van der Waals surface area contributed by atoms with E-state index in [1.54, 1.807) is 19.1 Å². The predicted octanol–water partition coefficient (Wildman–Crippen LogP) is 4.54. The zero-order valence-electron chi connectivity index (χ0n) is 22.3. The first kappa shape index (κ1) is 27.3. The van der Waals surface area contributed by atoms with Gasteiger partial charge in [0.15, 0.2) is 11.5 Å². The van der Waals surface area contributed by atoms with Crippen molar-refractivity contribution in [2.45, 2.75) is 25.9 Å². The second-order valence-electron chi connectivity index (χ2n) is 9.05. The minimum atomic E-state index is -0.885. The first-order valence-electron chi connectivity index (χ1n) is 12.7. The molecular weight excluding hydrogens is 492 g/mol. The highest BCUT2D eigenvalue weighted by atomic mass is 16.5. The van der Waals surface area contributed by atoms with E-state index in [-0.39, 0.29) is 24.1 Å². The molecule has 0 aliphatic rings. The van der Waals surface area contributed by atoms with Gasteiger partial charge in [-0.15, -0.1) is 0 Å². The summed E-state index contributed by atoms with van der Waals surface area (Å²) in [5, 5.41) is 3.03. The summed E-state index contributed by atoms with van der Waals surface area (Å²) >= 11 is 0. The average Bonchev–Trinajstić information content (AvgIpc) is 2.99. The van der Waals surface area contributed by atoms with E-state index in [2.05, 4.69) is 15.3 Å². The number of rotatable bonds is 11. The van der Waals surface area contributed by atoms with Gasteiger partial charge in [0.05, 0.1) is 20.4 Å². The number of nitrogens with one attached hydrogen (secondary N) is 1. The van der Waals surface area contributed by atoms with Gasteiger partial charge in [-0.25, -0.2) is 4.98 Å². The maximum atomic E-state index is 13.8. The highest BCUT2D eigenvalue weighted by Gasteiger charge is 2.32. The molecule has 0 aliphatic carbocycles. The van der Waals surface area contributed by atoms with Crippen molar-refractivity contribution in [1.29, 1.82) is 0 Å². The summed E-state index contributed by atoms with van der Waals surface area (Å²) in [6.45, 7) is 2.57. The number of nitrogens with zero attached hydrogens (tertiary/aromatic N) is 3. The molecule has 1 atom stereocenters. The molecule has 0 aliphatic heterocycles. The smallest absolute Gasteiger partial charge is 0.275 e. The molecule has 2 amide bonds. The Bertz CT molecular complexity index is 1380. The molecule has 0 radical (unpaired) electrons. The van der Waals surface area contributed by atoms with Crippen LogP contribution in [0.1, 0.15) is 38.8 Å². The Labute approximate surface area is 228 Å². The molecule has 3 aromatic carbocycles. The zero-order chi connectivity index (χ0) is 27.6. The van der Waals surface area contributed by atoms with Crippen LogP contribution in [0, 0.1) is 6.92 Å². The van der Waals surface area contributed by atoms with Gasteiger partial charge in [0.25, 0.3) is 5.91 Å². The van der Waals surface area contributed by atoms with Gasteiger partial charge in [-0.1, -0.05) is 66.2 Å². The molecule has 0 fully saturated rings. The highest BCUT2D eigenvalue weighted by molar-refractivity contribution is 5.96. The van der Waals surface area contributed by atoms with Gasteiger partial charge in [-0.3, -0.25) is 14.6 Å². The third kappa shape index (κ3) is 6.98. The maximum Gasteiger partial charge on any atom is 0.275 e. The van der Waals surface area contributed by atoms with E-state index in [0.29, 0.717) is 30.0 Å². The Morgan fingerprint density at radius 1 is 0.897 bits per heavy atom. The van der Waals surface area contributed by atoms with Gasteiger partial charge in [0.1, 0.15) is 11.7 Å². The first-order valence-corrected chi connectivity index (χ1v) is 12.7. The van der Waals surface area contributed by atoms with Gasteiger partial charge in [-0.2, -0.15) is 0 Å². The average molecular weight is 525 g/mol. The number of aromatic nitrogens is 2. The third-order valence-corrected chi connectivity index (χ3v) is 6.40. The fourth-order valence-corrected chi connectivity index (χ4v) is 4.29. The Morgan fingerprint density at radius 2 is 1.64 bits per heavy atom. The van der Waals surface area contributed by atoms with Crippen molar-refractivity contribution in [3.8, 4) is 11.5 Å². The summed E-state index contributed by atoms with van der Waals surface area (Å²) in [4.78, 5) is 37.5. The topological polar surface area (TPSA) is 93.7 Å². The lowest BCUT2D eigenvalue weighted by atomic mass is 10.0. The molecule has 39 heavy (non-hydrogen) atoms. The molecule has 0 bridgehead atoms. The number of ether oxygens (including phenoxy) is 2. The number of carbonyl (C=O) groups excluding carboxylic acids is 2. The fourth-order valence-electron chi connectivity index (χ4n) is 4.29. The minimum absolute atomic E-state index is 0.165. The van der Waals surface area contributed by atoms with Crippen LogP contribution in [0.4, 0.5) is 0 Å². The number of benzene rings is 3. The number of methoxy groups -OCH3 is 2. The van der Waals surface area contributed by atoms with Crippen LogP contribution in [0.5, 0.6) is 11.5 Å². The Kier molecular flexibility index (Phi) is 9.24. The fraction of sp³-hybridized carbons (Fsp3) is 0.226. The van der Waals surface area contributed by atoms with E-state index >= 15 is 0 Å². The quantitative estimate of drug-likeness (QED) is 0.310. The Morgan fingerprint density at radius 3 is 2.31 bits per heavy atom. The number of carbonyl (C=O) groups is 2. The number of hydrogen-bond acceptors (Lipinski definition) is 6. The molecule has 1 heterocycles. The molecule has 0 unspecified atom stereocenters. The van der Waals surface area contributed by atoms with Crippen LogP contribution in [-0.4, -0.2) is 47.4 Å². The first-order chi connectivity index (χ1) is 19.0. The zero-order valence-corrected chi connectivity index (χ0v) is 22.3. The largest absolute Gasteiger partial charge is 0.493 e. The van der Waals surface area contributed by atoms with Crippen molar-refractivity contribution >= 4 is 11.8 Å². The van der Waals surface area contributed by atoms with Crippen LogP contribution < -0.4 is 14.8 Å². The molecular formula is C31H32N4O4. The highest BCUT2D eigenvalue weighted by Crippen LogP contribution is 2.29. The third-order valence-electron chi connectivity index (χ3n) is 6.40. The maximum absolute atomic E-state index is 13.8. The van der Waals surface area contributed by atoms with Crippen molar-refractivity contribution in [3.63, 3.8) is 0 Å². The van der Waals surface area contributed by atoms with Crippen molar-refractivity contribution in [2.24, 2.45) is 0 Å². The monoisotopic (exact) mass is 524 g/mol. The second kappa shape index (κ2) is 13.2. The van der Waals surface area contributed by atoms with Crippen molar-refractivity contribution < 1.29 is 19.1 Å². The molecule has 0 spiro atoms. The van der Waals surface area contributed by atoms with Gasteiger partial charge in [-0.05, 0) is 42.2 Å². The predicted molar refractivity (Wildman–Crippen MR) is 149 cm³/mol. The van der Waals surface area contributed by atoms with E-state index in [1.165, 1.54) is 18.6 Å². The van der Waals surface area contributed by atoms with Gasteiger partial charge >= 0.3 is 0 Å². The van der Waals surface area contributed by atoms with Gasteiger partial charge in [0, 0.05) is 25.5 Å². The summed E-state index contributed by atoms with van der Waals surface area (Å²) in [5.74, 6) is 0.542. The van der Waals surface area contributed by atoms with Gasteiger partial charge in [0.2, 0.25) is 5.91 Å². The molecule has 0 saturated heterocycles. The molecule has 8 nitrogen and oxygen atoms in total. The summed E-state index contributed by atoms with van der Waals surface area (Å²) in [6, 6.07) is 22.0. The molecule has 0 saturated carbocycles. The molecule has 1 aromatic heterocycles. The molecule has 4 aromatic rings. The normalized spacial score (nSPS) is 11.4. The second-order valence-corrected chi connectivity index (χ2v) is 9.05. The van der Waals surface area contributed by atoms with Crippen LogP contribution in [0.2, 0.25) is 0 Å². The Hall–Kier alpha value is -4.72. The van der Waals surface area contributed by atoms with Gasteiger partial charge < -0.3 is 19.7 Å². The summed E-state index contributed by atoms with van der Waals surface area (Å²) < 4.78 is 10.8. The molecule has 8 heteroatoms. The summed E-state index contributed by atoms with van der Waals surface area (Å²) in [6.07, 6.45) is 4.87. The van der Waals surface area contributed by atoms with Crippen molar-refractivity contribution in [1.82, 2.24) is 20.2 Å². The molecule has 1 N–H and O–H groups in total. The van der Waals surface area contributed by atoms with Crippen LogP contribution in [0.25, 0.3) is 0 Å². The van der Waals surface area contributed by atoms with E-state index in [9.17, 15) is 9.59 Å². The number of hydrogen-bond donors (Lipinski definition) is 1. The SMILES string of the molecule is COc1ccc(CCN(C(=O)c2cnccn2)[C@H](C(=O)NCc2ccccc2)c2ccc(C)cc2)cc1OC. The van der Waals surface area contributed by atoms with E-state index in [1.807, 2.05) is 79.7 Å². The van der Waals surface area contributed by atoms with E-state index < -0.39 is 6.04 Å². The van der Waals surface area contributed by atoms with Crippen LogP contribution in [0.3, 0.4) is 0 Å². The lowest BCUT2D eigenvalue weighted by molar-refractivity contribution is -0.126. The summed E-state index contributed by atoms with van der Waals surface area (Å²) in [5.41, 5.74) is 3.82. The van der Waals surface area contributed by atoms with Crippen LogP contribution in [-0.2, 0) is 17.8 Å². The van der Waals surface area contributed by atoms with E-state index in [4.69, 9.17) is 9.47 Å². The standard InChI is InChI=1S/C31H32N4O4/c1-22-9-12-25(13-10-22)29(30(36)34-20-24-7-5-4-6-8-24)35(31(37)26-21-32-16-17-33-26)18-15-23-11-14-27(38-2)28(19-23)39-3/h4-14,16-17,19,21,29H,15,18,20H2,1-3H3,(H,34,36)/t29-/m0/s1. The lowest BCUT2D eigenvalue weighted by Crippen LogP contribution is -2.44.